The van der Waals surface area contributed by atoms with Crippen molar-refractivity contribution in [3.05, 3.63) is 36.8 Å². The van der Waals surface area contributed by atoms with Crippen molar-refractivity contribution < 1.29 is 9.47 Å². The summed E-state index contributed by atoms with van der Waals surface area (Å²) < 4.78 is 11.1. The van der Waals surface area contributed by atoms with Crippen molar-refractivity contribution in [1.82, 2.24) is 0 Å². The van der Waals surface area contributed by atoms with Crippen LogP contribution in [0.4, 0.5) is 0 Å². The zero-order chi connectivity index (χ0) is 13.6. The van der Waals surface area contributed by atoms with Crippen molar-refractivity contribution in [2.24, 2.45) is 11.8 Å². The third-order valence-corrected chi connectivity index (χ3v) is 2.79. The fourth-order valence-corrected chi connectivity index (χ4v) is 1.49. The van der Waals surface area contributed by atoms with Crippen LogP contribution < -0.4 is 0 Å². The van der Waals surface area contributed by atoms with Crippen LogP contribution in [0.3, 0.4) is 0 Å². The highest BCUT2D eigenvalue weighted by Crippen LogP contribution is 2.05. The Morgan fingerprint density at radius 1 is 0.889 bits per heavy atom. The maximum atomic E-state index is 5.55. The largest absolute Gasteiger partial charge is 0.378 e. The van der Waals surface area contributed by atoms with Crippen LogP contribution in [0, 0.1) is 11.8 Å². The molecule has 2 atom stereocenters. The molecule has 0 aliphatic heterocycles. The fourth-order valence-electron chi connectivity index (χ4n) is 1.49. The number of rotatable bonds is 11. The Hall–Kier alpha value is -1.04. The highest BCUT2D eigenvalue weighted by Gasteiger charge is 2.03. The van der Waals surface area contributed by atoms with Gasteiger partial charge in [-0.1, -0.05) is 27.0 Å². The number of hydrogen-bond acceptors (Lipinski definition) is 2. The second-order valence-corrected chi connectivity index (χ2v) is 4.23. The van der Waals surface area contributed by atoms with Crippen LogP contribution in [-0.4, -0.2) is 26.4 Å². The normalized spacial score (nSPS) is 13.2. The Kier molecular flexibility index (Phi) is 11.7. The lowest BCUT2D eigenvalue weighted by Gasteiger charge is -2.12. The van der Waals surface area contributed by atoms with Crippen molar-refractivity contribution >= 4 is 0 Å². The Morgan fingerprint density at radius 3 is 1.56 bits per heavy atom. The van der Waals surface area contributed by atoms with E-state index in [1.54, 1.807) is 0 Å². The van der Waals surface area contributed by atoms with Crippen LogP contribution in [0.2, 0.25) is 0 Å². The van der Waals surface area contributed by atoms with Crippen molar-refractivity contribution in [3.8, 4) is 0 Å². The molecule has 0 radical (unpaired) electrons. The summed E-state index contributed by atoms with van der Waals surface area (Å²) in [5.41, 5.74) is 5.61. The van der Waals surface area contributed by atoms with Gasteiger partial charge >= 0.3 is 0 Å². The summed E-state index contributed by atoms with van der Waals surface area (Å²) in [5, 5.41) is 0. The molecule has 0 aromatic carbocycles. The van der Waals surface area contributed by atoms with E-state index in [4.69, 9.17) is 9.47 Å². The molecule has 18 heavy (non-hydrogen) atoms. The molecule has 102 valence electrons. The summed E-state index contributed by atoms with van der Waals surface area (Å²) in [7, 11) is 0. The monoisotopic (exact) mass is 250 g/mol. The minimum atomic E-state index is 0.412. The van der Waals surface area contributed by atoms with Crippen molar-refractivity contribution in [3.63, 3.8) is 0 Å². The molecule has 0 aromatic heterocycles. The minimum absolute atomic E-state index is 0.412. The fraction of sp³-hybridized carbons (Fsp3) is 0.625. The van der Waals surface area contributed by atoms with E-state index >= 15 is 0 Å². The van der Waals surface area contributed by atoms with Crippen LogP contribution in [0.1, 0.15) is 26.7 Å². The van der Waals surface area contributed by atoms with Crippen LogP contribution in [0.15, 0.2) is 36.8 Å². The van der Waals surface area contributed by atoms with Crippen LogP contribution >= 0.6 is 0 Å². The van der Waals surface area contributed by atoms with Crippen molar-refractivity contribution in [2.45, 2.75) is 26.7 Å². The third-order valence-electron chi connectivity index (χ3n) is 2.79. The summed E-state index contributed by atoms with van der Waals surface area (Å²) >= 11 is 0. The van der Waals surface area contributed by atoms with E-state index in [1.807, 2.05) is 12.2 Å². The lowest BCUT2D eigenvalue weighted by atomic mass is 10.1. The highest BCUT2D eigenvalue weighted by molar-refractivity contribution is 4.84. The van der Waals surface area contributed by atoms with Gasteiger partial charge in [0.25, 0.3) is 0 Å². The molecule has 2 heteroatoms. The smallest absolute Gasteiger partial charge is 0.0700 e. The van der Waals surface area contributed by atoms with Gasteiger partial charge in [0.05, 0.1) is 26.4 Å². The third kappa shape index (κ3) is 9.04. The summed E-state index contributed by atoms with van der Waals surface area (Å²) in [6.45, 7) is 14.1. The van der Waals surface area contributed by atoms with Gasteiger partial charge in [0.15, 0.2) is 0 Å². The zero-order valence-electron chi connectivity index (χ0n) is 11.8. The first-order valence-electron chi connectivity index (χ1n) is 6.65. The summed E-state index contributed by atoms with van der Waals surface area (Å²) in [6.07, 6.45) is 6.02. The lowest BCUT2D eigenvalue weighted by Crippen LogP contribution is -2.13. The van der Waals surface area contributed by atoms with Crippen LogP contribution in [-0.2, 0) is 9.47 Å². The topological polar surface area (TPSA) is 18.5 Å². The molecule has 0 saturated heterocycles. The van der Waals surface area contributed by atoms with E-state index in [2.05, 4.69) is 38.5 Å². The molecule has 0 fully saturated rings. The van der Waals surface area contributed by atoms with Gasteiger partial charge in [-0.2, -0.15) is 0 Å². The van der Waals surface area contributed by atoms with E-state index < -0.39 is 0 Å². The summed E-state index contributed by atoms with van der Waals surface area (Å²) in [5.74, 6) is 0.823. The zero-order valence-corrected chi connectivity index (χ0v) is 11.8. The molecule has 0 aliphatic rings. The van der Waals surface area contributed by atoms with Gasteiger partial charge in [-0.15, -0.1) is 11.5 Å². The first kappa shape index (κ1) is 17.0. The van der Waals surface area contributed by atoms with Gasteiger partial charge in [-0.25, -0.2) is 0 Å². The van der Waals surface area contributed by atoms with Gasteiger partial charge in [0.1, 0.15) is 0 Å². The first-order valence-corrected chi connectivity index (χ1v) is 6.65. The summed E-state index contributed by atoms with van der Waals surface area (Å²) in [6, 6.07) is 0. The van der Waals surface area contributed by atoms with E-state index in [1.165, 1.54) is 0 Å². The quantitative estimate of drug-likeness (QED) is 0.411. The molecule has 2 nitrogen and oxygen atoms in total. The number of hydrogen-bond donors (Lipinski definition) is 0. The number of ether oxygens (including phenoxy) is 2. The molecular weight excluding hydrogens is 224 g/mol. The van der Waals surface area contributed by atoms with Gasteiger partial charge < -0.3 is 9.47 Å². The summed E-state index contributed by atoms with van der Waals surface area (Å²) in [4.78, 5) is 0. The van der Waals surface area contributed by atoms with Gasteiger partial charge in [0, 0.05) is 11.8 Å². The Morgan fingerprint density at radius 2 is 1.28 bits per heavy atom. The van der Waals surface area contributed by atoms with E-state index in [9.17, 15) is 0 Å². The molecule has 0 saturated carbocycles. The maximum Gasteiger partial charge on any atom is 0.0700 e. The average Bonchev–Trinajstić information content (AvgIpc) is 2.39. The Bertz CT molecular complexity index is 253. The molecular formula is C16H26O2. The Balaban J connectivity index is 3.55. The minimum Gasteiger partial charge on any atom is -0.378 e. The molecule has 2 unspecified atom stereocenters. The highest BCUT2D eigenvalue weighted by atomic mass is 16.5. The predicted molar refractivity (Wildman–Crippen MR) is 76.6 cm³/mol. The maximum absolute atomic E-state index is 5.55. The standard InChI is InChI=1S/C16H26O2/c1-5-9-15(7-3)13-17-11-12-18-14-16(8-4)10-6-2/h9-10,15-16H,1-2,7-8,11-14H2,3-4H3. The molecule has 0 bridgehead atoms. The molecule has 0 rings (SSSR count). The van der Waals surface area contributed by atoms with Crippen LogP contribution in [0.5, 0.6) is 0 Å². The van der Waals surface area contributed by atoms with Crippen molar-refractivity contribution in [2.75, 3.05) is 26.4 Å². The van der Waals surface area contributed by atoms with E-state index in [0.29, 0.717) is 38.3 Å². The molecule has 0 aliphatic carbocycles. The van der Waals surface area contributed by atoms with E-state index in [-0.39, 0.29) is 0 Å². The van der Waals surface area contributed by atoms with E-state index in [0.717, 1.165) is 12.8 Å². The molecule has 0 aromatic rings. The van der Waals surface area contributed by atoms with Gasteiger partial charge in [-0.3, -0.25) is 0 Å². The van der Waals surface area contributed by atoms with Crippen LogP contribution in [0.25, 0.3) is 0 Å². The van der Waals surface area contributed by atoms with Gasteiger partial charge in [-0.05, 0) is 25.0 Å². The molecule has 0 heterocycles. The first-order chi connectivity index (χ1) is 8.78. The lowest BCUT2D eigenvalue weighted by molar-refractivity contribution is 0.0305. The predicted octanol–water partition coefficient (Wildman–Crippen LogP) is 3.75. The second kappa shape index (κ2) is 12.4. The average molecular weight is 250 g/mol. The van der Waals surface area contributed by atoms with Gasteiger partial charge in [0.2, 0.25) is 0 Å². The second-order valence-electron chi connectivity index (χ2n) is 4.23. The SMILES string of the molecule is C=C=CC(CC)COCCOCC(C=C=C)CC. The van der Waals surface area contributed by atoms with Crippen molar-refractivity contribution in [1.29, 1.82) is 0 Å². The molecule has 0 spiro atoms. The molecule has 0 amide bonds. The molecule has 0 N–H and O–H groups in total. The Labute approximate surface area is 112 Å².